The predicted molar refractivity (Wildman–Crippen MR) is 167 cm³/mol. The summed E-state index contributed by atoms with van der Waals surface area (Å²) in [4.78, 5) is 12.8. The maximum atomic E-state index is 12.8. The van der Waals surface area contributed by atoms with Crippen molar-refractivity contribution < 1.29 is 14.3 Å². The van der Waals surface area contributed by atoms with Crippen LogP contribution in [0.5, 0.6) is 11.5 Å². The highest BCUT2D eigenvalue weighted by atomic mass is 79.9. The number of halogens is 1. The molecule has 5 rings (SSSR count). The zero-order chi connectivity index (χ0) is 29.5. The van der Waals surface area contributed by atoms with Gasteiger partial charge < -0.3 is 14.0 Å². The molecule has 0 atom stereocenters. The fourth-order valence-corrected chi connectivity index (χ4v) is 5.14. The zero-order valence-corrected chi connectivity index (χ0v) is 24.6. The van der Waals surface area contributed by atoms with Crippen molar-refractivity contribution in [1.82, 2.24) is 9.99 Å². The molecule has 1 N–H and O–H groups in total. The third-order valence-corrected chi connectivity index (χ3v) is 7.26. The number of methoxy groups -OCH3 is 1. The van der Waals surface area contributed by atoms with Crippen molar-refractivity contribution in [2.45, 2.75) is 13.5 Å². The fraction of sp³-hybridized carbons (Fsp3) is 0.0882. The van der Waals surface area contributed by atoms with Gasteiger partial charge in [0.25, 0.3) is 5.91 Å². The molecule has 1 heterocycles. The van der Waals surface area contributed by atoms with Gasteiger partial charge in [-0.3, -0.25) is 4.79 Å². The standard InChI is InChI=1S/C34H27BrN4O3/c1-23-12-17-31(25-8-4-3-5-9-25)39(23)29-15-13-26(14-16-29)34(40)38-37-21-24-18-30(35)33(32(19-24)41-2)42-22-28-11-7-6-10-27(28)20-36/h3-19,21H,22H2,1-2H3,(H,38,40)/b37-21+. The molecule has 0 saturated heterocycles. The van der Waals surface area contributed by atoms with Gasteiger partial charge in [0, 0.05) is 22.5 Å². The Balaban J connectivity index is 1.26. The molecule has 0 aliphatic carbocycles. The van der Waals surface area contributed by atoms with Crippen LogP contribution in [0.1, 0.15) is 32.7 Å². The van der Waals surface area contributed by atoms with Crippen molar-refractivity contribution in [3.8, 4) is 34.5 Å². The molecule has 5 aromatic rings. The second-order valence-electron chi connectivity index (χ2n) is 9.40. The van der Waals surface area contributed by atoms with Gasteiger partial charge in [-0.1, -0.05) is 48.5 Å². The Morgan fingerprint density at radius 2 is 1.74 bits per heavy atom. The van der Waals surface area contributed by atoms with Gasteiger partial charge in [-0.25, -0.2) is 5.43 Å². The maximum Gasteiger partial charge on any atom is 0.271 e. The molecule has 0 unspecified atom stereocenters. The van der Waals surface area contributed by atoms with Gasteiger partial charge in [0.1, 0.15) is 6.61 Å². The van der Waals surface area contributed by atoms with Crippen LogP contribution in [0, 0.1) is 18.3 Å². The van der Waals surface area contributed by atoms with E-state index < -0.39 is 0 Å². The van der Waals surface area contributed by atoms with Crippen LogP contribution in [0.3, 0.4) is 0 Å². The van der Waals surface area contributed by atoms with E-state index in [0.29, 0.717) is 32.7 Å². The van der Waals surface area contributed by atoms with Gasteiger partial charge in [0.15, 0.2) is 11.5 Å². The van der Waals surface area contributed by atoms with Crippen LogP contribution in [0.4, 0.5) is 0 Å². The van der Waals surface area contributed by atoms with Crippen molar-refractivity contribution >= 4 is 28.1 Å². The van der Waals surface area contributed by atoms with Crippen LogP contribution in [0.15, 0.2) is 113 Å². The Labute approximate surface area is 252 Å². The third kappa shape index (κ3) is 6.27. The Kier molecular flexibility index (Phi) is 8.81. The number of nitriles is 1. The van der Waals surface area contributed by atoms with Crippen molar-refractivity contribution in [3.63, 3.8) is 0 Å². The lowest BCUT2D eigenvalue weighted by atomic mass is 10.1. The summed E-state index contributed by atoms with van der Waals surface area (Å²) in [6.07, 6.45) is 1.53. The number of ether oxygens (including phenoxy) is 2. The molecule has 8 heteroatoms. The zero-order valence-electron chi connectivity index (χ0n) is 23.0. The van der Waals surface area contributed by atoms with E-state index in [1.54, 1.807) is 31.4 Å². The molecular formula is C34H27BrN4O3. The fourth-order valence-electron chi connectivity index (χ4n) is 4.57. The van der Waals surface area contributed by atoms with Crippen LogP contribution >= 0.6 is 15.9 Å². The number of aromatic nitrogens is 1. The van der Waals surface area contributed by atoms with Crippen LogP contribution in [-0.4, -0.2) is 23.8 Å². The lowest BCUT2D eigenvalue weighted by molar-refractivity contribution is 0.0955. The first-order valence-corrected chi connectivity index (χ1v) is 13.9. The Bertz CT molecular complexity index is 1790. The van der Waals surface area contributed by atoms with Crippen molar-refractivity contribution in [2.75, 3.05) is 7.11 Å². The normalized spacial score (nSPS) is 10.8. The average molecular weight is 620 g/mol. The minimum Gasteiger partial charge on any atom is -0.493 e. The van der Waals surface area contributed by atoms with E-state index in [4.69, 9.17) is 9.47 Å². The van der Waals surface area contributed by atoms with Crippen molar-refractivity contribution in [3.05, 3.63) is 136 Å². The van der Waals surface area contributed by atoms with E-state index in [0.717, 1.165) is 28.2 Å². The summed E-state index contributed by atoms with van der Waals surface area (Å²) in [6, 6.07) is 34.8. The van der Waals surface area contributed by atoms with E-state index in [2.05, 4.69) is 68.3 Å². The number of hydrogen-bond acceptors (Lipinski definition) is 5. The first-order chi connectivity index (χ1) is 20.5. The molecule has 0 spiro atoms. The SMILES string of the molecule is COc1cc(/C=N/NC(=O)c2ccc(-n3c(C)ccc3-c3ccccc3)cc2)cc(Br)c1OCc1ccccc1C#N. The topological polar surface area (TPSA) is 88.6 Å². The number of nitrogens with zero attached hydrogens (tertiary/aromatic N) is 3. The van der Waals surface area contributed by atoms with Gasteiger partial charge in [0.05, 0.1) is 35.1 Å². The molecule has 42 heavy (non-hydrogen) atoms. The molecule has 1 aromatic heterocycles. The molecule has 0 radical (unpaired) electrons. The van der Waals surface area contributed by atoms with E-state index in [9.17, 15) is 10.1 Å². The van der Waals surface area contributed by atoms with E-state index >= 15 is 0 Å². The number of rotatable bonds is 9. The van der Waals surface area contributed by atoms with E-state index in [1.165, 1.54) is 6.21 Å². The molecule has 0 fully saturated rings. The van der Waals surface area contributed by atoms with Crippen molar-refractivity contribution in [2.24, 2.45) is 5.10 Å². The lowest BCUT2D eigenvalue weighted by Gasteiger charge is -2.14. The van der Waals surface area contributed by atoms with Gasteiger partial charge in [0.2, 0.25) is 0 Å². The van der Waals surface area contributed by atoms with Crippen LogP contribution in [-0.2, 0) is 6.61 Å². The number of amides is 1. The maximum absolute atomic E-state index is 12.8. The number of hydrazone groups is 1. The Hall–Kier alpha value is -5.13. The lowest BCUT2D eigenvalue weighted by Crippen LogP contribution is -2.17. The molecule has 1 amide bonds. The molecule has 7 nitrogen and oxygen atoms in total. The summed E-state index contributed by atoms with van der Waals surface area (Å²) < 4.78 is 14.3. The van der Waals surface area contributed by atoms with E-state index in [1.807, 2.05) is 54.6 Å². The number of nitrogens with one attached hydrogen (secondary N) is 1. The average Bonchev–Trinajstić information content (AvgIpc) is 3.42. The van der Waals surface area contributed by atoms with E-state index in [-0.39, 0.29) is 12.5 Å². The van der Waals surface area contributed by atoms with Gasteiger partial charge in [-0.05, 0) is 88.6 Å². The minimum atomic E-state index is -0.326. The molecule has 208 valence electrons. The summed E-state index contributed by atoms with van der Waals surface area (Å²) in [5.74, 6) is 0.657. The van der Waals surface area contributed by atoms with Gasteiger partial charge >= 0.3 is 0 Å². The highest BCUT2D eigenvalue weighted by molar-refractivity contribution is 9.10. The van der Waals surface area contributed by atoms with Crippen LogP contribution in [0.2, 0.25) is 0 Å². The largest absolute Gasteiger partial charge is 0.493 e. The molecule has 4 aromatic carbocycles. The molecule has 0 bridgehead atoms. The summed E-state index contributed by atoms with van der Waals surface area (Å²) in [5.41, 5.74) is 9.36. The number of hydrogen-bond donors (Lipinski definition) is 1. The molecule has 0 aliphatic rings. The first kappa shape index (κ1) is 28.4. The summed E-state index contributed by atoms with van der Waals surface area (Å²) in [6.45, 7) is 2.26. The minimum absolute atomic E-state index is 0.207. The van der Waals surface area contributed by atoms with Crippen molar-refractivity contribution in [1.29, 1.82) is 5.26 Å². The Morgan fingerprint density at radius 3 is 2.48 bits per heavy atom. The molecular weight excluding hydrogens is 592 g/mol. The van der Waals surface area contributed by atoms with Gasteiger partial charge in [-0.15, -0.1) is 0 Å². The molecule has 0 aliphatic heterocycles. The smallest absolute Gasteiger partial charge is 0.271 e. The predicted octanol–water partition coefficient (Wildman–Crippen LogP) is 7.44. The third-order valence-electron chi connectivity index (χ3n) is 6.67. The second-order valence-corrected chi connectivity index (χ2v) is 10.3. The quantitative estimate of drug-likeness (QED) is 0.137. The summed E-state index contributed by atoms with van der Waals surface area (Å²) >= 11 is 3.53. The number of benzene rings is 4. The number of carbonyl (C=O) groups is 1. The monoisotopic (exact) mass is 618 g/mol. The van der Waals surface area contributed by atoms with Gasteiger partial charge in [-0.2, -0.15) is 10.4 Å². The second kappa shape index (κ2) is 13.0. The first-order valence-electron chi connectivity index (χ1n) is 13.1. The van der Waals surface area contributed by atoms with Crippen LogP contribution < -0.4 is 14.9 Å². The Morgan fingerprint density at radius 1 is 1.00 bits per heavy atom. The number of carbonyl (C=O) groups excluding carboxylic acids is 1. The molecule has 0 saturated carbocycles. The highest BCUT2D eigenvalue weighted by Crippen LogP contribution is 2.37. The highest BCUT2D eigenvalue weighted by Gasteiger charge is 2.14. The van der Waals surface area contributed by atoms with Crippen LogP contribution in [0.25, 0.3) is 16.9 Å². The number of aryl methyl sites for hydroxylation is 1. The summed E-state index contributed by atoms with van der Waals surface area (Å²) in [7, 11) is 1.54. The summed E-state index contributed by atoms with van der Waals surface area (Å²) in [5, 5.41) is 13.5.